The number of hydrogen-bond donors (Lipinski definition) is 1. The Labute approximate surface area is 214 Å². The van der Waals surface area contributed by atoms with Crippen molar-refractivity contribution in [1.82, 2.24) is 4.90 Å². The van der Waals surface area contributed by atoms with Crippen LogP contribution in [-0.2, 0) is 24.6 Å². The molecule has 0 spiro atoms. The first-order chi connectivity index (χ1) is 17.5. The molecule has 2 amide bonds. The third-order valence-corrected chi connectivity index (χ3v) is 6.25. The van der Waals surface area contributed by atoms with Gasteiger partial charge in [0.25, 0.3) is 0 Å². The van der Waals surface area contributed by atoms with Gasteiger partial charge >= 0.3 is 0 Å². The lowest BCUT2D eigenvalue weighted by molar-refractivity contribution is -0.185. The van der Waals surface area contributed by atoms with Crippen LogP contribution >= 0.6 is 0 Å². The fourth-order valence-corrected chi connectivity index (χ4v) is 4.80. The number of rotatable bonds is 13. The molecule has 0 heterocycles. The normalized spacial score (nSPS) is 12.3. The molecule has 0 aliphatic rings. The second-order valence-electron chi connectivity index (χ2n) is 8.56. The Bertz CT molecular complexity index is 987. The number of primary amides is 1. The number of carbonyl (C=O) groups excluding carboxylic acids is 2. The summed E-state index contributed by atoms with van der Waals surface area (Å²) in [6.45, 7) is 6.58. The van der Waals surface area contributed by atoms with Gasteiger partial charge in [-0.3, -0.25) is 9.59 Å². The summed E-state index contributed by atoms with van der Waals surface area (Å²) in [5.41, 5.74) is 7.16. The average Bonchev–Trinajstić information content (AvgIpc) is 2.91. The zero-order chi connectivity index (χ0) is 26.0. The van der Waals surface area contributed by atoms with Crippen LogP contribution in [0.5, 0.6) is 0 Å². The summed E-state index contributed by atoms with van der Waals surface area (Å²) in [6, 6.07) is 29.3. The number of benzene rings is 3. The van der Waals surface area contributed by atoms with Gasteiger partial charge in [0.1, 0.15) is 5.54 Å². The second-order valence-corrected chi connectivity index (χ2v) is 8.56. The van der Waals surface area contributed by atoms with Gasteiger partial charge in [-0.15, -0.1) is 0 Å². The highest BCUT2D eigenvalue weighted by atomic mass is 16.7. The van der Waals surface area contributed by atoms with Crippen LogP contribution in [-0.4, -0.2) is 42.3 Å². The van der Waals surface area contributed by atoms with E-state index in [9.17, 15) is 9.59 Å². The van der Waals surface area contributed by atoms with Gasteiger partial charge < -0.3 is 20.1 Å². The lowest BCUT2D eigenvalue weighted by atomic mass is 9.74. The van der Waals surface area contributed by atoms with Gasteiger partial charge in [0.2, 0.25) is 11.8 Å². The van der Waals surface area contributed by atoms with Crippen LogP contribution in [0.2, 0.25) is 0 Å². The third-order valence-electron chi connectivity index (χ3n) is 6.25. The maximum absolute atomic E-state index is 14.2. The molecule has 0 unspecified atom stereocenters. The monoisotopic (exact) mass is 488 g/mol. The number of carbonyl (C=O) groups is 2. The van der Waals surface area contributed by atoms with E-state index in [1.807, 2.05) is 117 Å². The smallest absolute Gasteiger partial charge is 0.224 e. The Morgan fingerprint density at radius 3 is 1.47 bits per heavy atom. The fourth-order valence-electron chi connectivity index (χ4n) is 4.80. The van der Waals surface area contributed by atoms with Crippen molar-refractivity contribution in [1.29, 1.82) is 0 Å². The van der Waals surface area contributed by atoms with E-state index in [0.717, 1.165) is 16.7 Å². The molecule has 1 atom stereocenters. The van der Waals surface area contributed by atoms with Crippen molar-refractivity contribution in [2.75, 3.05) is 13.2 Å². The van der Waals surface area contributed by atoms with E-state index in [-0.39, 0.29) is 18.7 Å². The van der Waals surface area contributed by atoms with E-state index >= 15 is 0 Å². The molecule has 3 aromatic rings. The van der Waals surface area contributed by atoms with Crippen molar-refractivity contribution in [3.05, 3.63) is 108 Å². The SMILES string of the molecule is CCOC(OCC)[C@H](C)N(C(=O)CCC(N)=O)C(c1ccccc1)(c1ccccc1)c1ccccc1. The standard InChI is InChI=1S/C30H36N2O4/c1-4-35-29(36-5-2)23(3)32(28(34)22-21-27(31)33)30(24-15-9-6-10-16-24,25-17-11-7-12-18-25)26-19-13-8-14-20-26/h6-20,23,29H,4-5,21-22H2,1-3H3,(H2,31,33)/t23-/m0/s1. The summed E-state index contributed by atoms with van der Waals surface area (Å²) in [5, 5.41) is 0. The minimum absolute atomic E-state index is 0.0289. The van der Waals surface area contributed by atoms with Gasteiger partial charge in [-0.05, 0) is 37.5 Å². The lowest BCUT2D eigenvalue weighted by Gasteiger charge is -2.49. The molecule has 0 saturated carbocycles. The maximum atomic E-state index is 14.2. The molecule has 6 heteroatoms. The van der Waals surface area contributed by atoms with Crippen LogP contribution < -0.4 is 5.73 Å². The van der Waals surface area contributed by atoms with Crippen molar-refractivity contribution >= 4 is 11.8 Å². The molecule has 0 aliphatic carbocycles. The quantitative estimate of drug-likeness (QED) is 0.275. The van der Waals surface area contributed by atoms with Crippen molar-refractivity contribution in [3.63, 3.8) is 0 Å². The molecule has 0 saturated heterocycles. The van der Waals surface area contributed by atoms with Crippen LogP contribution in [0.4, 0.5) is 0 Å². The molecule has 0 radical (unpaired) electrons. The van der Waals surface area contributed by atoms with E-state index in [1.54, 1.807) is 0 Å². The Balaban J connectivity index is 2.38. The van der Waals surface area contributed by atoms with Gasteiger partial charge in [-0.25, -0.2) is 0 Å². The Morgan fingerprint density at radius 2 is 1.14 bits per heavy atom. The number of nitrogens with two attached hydrogens (primary N) is 1. The van der Waals surface area contributed by atoms with Crippen LogP contribution in [0.25, 0.3) is 0 Å². The minimum Gasteiger partial charge on any atom is -0.370 e. The van der Waals surface area contributed by atoms with Gasteiger partial charge in [0, 0.05) is 26.1 Å². The van der Waals surface area contributed by atoms with Gasteiger partial charge in [0.15, 0.2) is 6.29 Å². The van der Waals surface area contributed by atoms with Crippen LogP contribution in [0, 0.1) is 0 Å². The first-order valence-electron chi connectivity index (χ1n) is 12.5. The van der Waals surface area contributed by atoms with E-state index in [2.05, 4.69) is 0 Å². The Morgan fingerprint density at radius 1 is 0.750 bits per heavy atom. The summed E-state index contributed by atoms with van der Waals surface area (Å²) in [7, 11) is 0. The molecule has 0 aliphatic heterocycles. The van der Waals surface area contributed by atoms with Gasteiger partial charge in [-0.1, -0.05) is 91.0 Å². The summed E-state index contributed by atoms with van der Waals surface area (Å²) in [6.07, 6.45) is -0.753. The Hall–Kier alpha value is -3.48. The molecule has 6 nitrogen and oxygen atoms in total. The summed E-state index contributed by atoms with van der Waals surface area (Å²) in [5.74, 6) is -0.742. The zero-order valence-electron chi connectivity index (χ0n) is 21.3. The first kappa shape index (κ1) is 27.1. The number of ether oxygens (including phenoxy) is 2. The zero-order valence-corrected chi connectivity index (χ0v) is 21.3. The Kier molecular flexibility index (Phi) is 9.79. The number of nitrogens with zero attached hydrogens (tertiary/aromatic N) is 1. The molecule has 0 bridgehead atoms. The predicted octanol–water partition coefficient (Wildman–Crippen LogP) is 4.86. The molecule has 2 N–H and O–H groups in total. The highest BCUT2D eigenvalue weighted by molar-refractivity contribution is 5.84. The highest BCUT2D eigenvalue weighted by Gasteiger charge is 2.48. The fraction of sp³-hybridized carbons (Fsp3) is 0.333. The van der Waals surface area contributed by atoms with Gasteiger partial charge in [-0.2, -0.15) is 0 Å². The third kappa shape index (κ3) is 5.83. The summed E-state index contributed by atoms with van der Waals surface area (Å²) < 4.78 is 12.0. The molecule has 3 aromatic carbocycles. The van der Waals surface area contributed by atoms with Crippen molar-refractivity contribution in [3.8, 4) is 0 Å². The first-order valence-corrected chi connectivity index (χ1v) is 12.5. The number of amides is 2. The van der Waals surface area contributed by atoms with E-state index in [4.69, 9.17) is 15.2 Å². The maximum Gasteiger partial charge on any atom is 0.224 e. The van der Waals surface area contributed by atoms with Crippen LogP contribution in [0.15, 0.2) is 91.0 Å². The lowest BCUT2D eigenvalue weighted by Crippen LogP contribution is -2.59. The van der Waals surface area contributed by atoms with Gasteiger partial charge in [0.05, 0.1) is 6.04 Å². The molecular weight excluding hydrogens is 452 g/mol. The number of hydrogen-bond acceptors (Lipinski definition) is 4. The van der Waals surface area contributed by atoms with E-state index < -0.39 is 23.8 Å². The molecule has 190 valence electrons. The van der Waals surface area contributed by atoms with Crippen molar-refractivity contribution in [2.24, 2.45) is 5.73 Å². The predicted molar refractivity (Wildman–Crippen MR) is 141 cm³/mol. The second kappa shape index (κ2) is 13.0. The summed E-state index contributed by atoms with van der Waals surface area (Å²) >= 11 is 0. The summed E-state index contributed by atoms with van der Waals surface area (Å²) in [4.78, 5) is 27.7. The van der Waals surface area contributed by atoms with Crippen molar-refractivity contribution in [2.45, 2.75) is 51.5 Å². The molecule has 36 heavy (non-hydrogen) atoms. The van der Waals surface area contributed by atoms with E-state index in [0.29, 0.717) is 13.2 Å². The molecule has 3 rings (SSSR count). The molecular formula is C30H36N2O4. The minimum atomic E-state index is -1.02. The van der Waals surface area contributed by atoms with Crippen LogP contribution in [0.3, 0.4) is 0 Å². The molecule has 0 aromatic heterocycles. The molecule has 0 fully saturated rings. The van der Waals surface area contributed by atoms with E-state index in [1.165, 1.54) is 0 Å². The van der Waals surface area contributed by atoms with Crippen molar-refractivity contribution < 1.29 is 19.1 Å². The van der Waals surface area contributed by atoms with Crippen LogP contribution in [0.1, 0.15) is 50.3 Å². The highest BCUT2D eigenvalue weighted by Crippen LogP contribution is 2.44. The largest absolute Gasteiger partial charge is 0.370 e. The topological polar surface area (TPSA) is 81.9 Å². The average molecular weight is 489 g/mol.